The average molecular weight is 298 g/mol. The van der Waals surface area contributed by atoms with Gasteiger partial charge in [0.05, 0.1) is 11.3 Å². The highest BCUT2D eigenvalue weighted by atomic mass is 19.4. The Morgan fingerprint density at radius 2 is 1.95 bits per heavy atom. The highest BCUT2D eigenvalue weighted by Crippen LogP contribution is 2.36. The smallest absolute Gasteiger partial charge is 0.417 e. The van der Waals surface area contributed by atoms with Gasteiger partial charge in [0.25, 0.3) is 0 Å². The van der Waals surface area contributed by atoms with Crippen LogP contribution >= 0.6 is 0 Å². The molecule has 0 spiro atoms. The summed E-state index contributed by atoms with van der Waals surface area (Å²) in [5.74, 6) is 0.414. The Labute approximate surface area is 119 Å². The number of nitrogens with zero attached hydrogens (tertiary/aromatic N) is 2. The molecule has 0 unspecified atom stereocenters. The maximum atomic E-state index is 12.9. The summed E-state index contributed by atoms with van der Waals surface area (Å²) in [6, 6.07) is 3.23. The zero-order valence-corrected chi connectivity index (χ0v) is 11.7. The number of rotatable bonds is 3. The van der Waals surface area contributed by atoms with Crippen LogP contribution in [0.5, 0.6) is 11.5 Å². The zero-order chi connectivity index (χ0) is 15.8. The summed E-state index contributed by atoms with van der Waals surface area (Å²) < 4.78 is 45.7. The van der Waals surface area contributed by atoms with Crippen LogP contribution in [-0.2, 0) is 13.2 Å². The lowest BCUT2D eigenvalue weighted by Crippen LogP contribution is -2.09. The molecule has 0 saturated heterocycles. The van der Waals surface area contributed by atoms with Gasteiger partial charge >= 0.3 is 6.18 Å². The lowest BCUT2D eigenvalue weighted by Gasteiger charge is -2.12. The zero-order valence-electron chi connectivity index (χ0n) is 11.7. The van der Waals surface area contributed by atoms with E-state index in [9.17, 15) is 18.0 Å². The predicted octanol–water partition coefficient (Wildman–Crippen LogP) is 3.66. The van der Waals surface area contributed by atoms with E-state index in [1.165, 1.54) is 6.07 Å². The molecule has 0 N–H and O–H groups in total. The molecular weight excluding hydrogens is 285 g/mol. The number of aryl methyl sites for hydroxylation is 2. The van der Waals surface area contributed by atoms with Gasteiger partial charge in [0.2, 0.25) is 0 Å². The minimum atomic E-state index is -4.62. The van der Waals surface area contributed by atoms with Crippen molar-refractivity contribution in [3.8, 4) is 11.5 Å². The maximum Gasteiger partial charge on any atom is 0.417 e. The van der Waals surface area contributed by atoms with E-state index >= 15 is 0 Å². The quantitative estimate of drug-likeness (QED) is 0.812. The summed E-state index contributed by atoms with van der Waals surface area (Å²) in [7, 11) is 1.71. The van der Waals surface area contributed by atoms with Gasteiger partial charge in [0.15, 0.2) is 12.0 Å². The predicted molar refractivity (Wildman–Crippen MR) is 69.6 cm³/mol. The van der Waals surface area contributed by atoms with Crippen molar-refractivity contribution in [2.24, 2.45) is 7.05 Å². The van der Waals surface area contributed by atoms with Gasteiger partial charge < -0.3 is 4.74 Å². The van der Waals surface area contributed by atoms with Crippen LogP contribution in [0.4, 0.5) is 13.2 Å². The van der Waals surface area contributed by atoms with Crippen molar-refractivity contribution in [1.82, 2.24) is 9.78 Å². The Balaban J connectivity index is 2.44. The largest absolute Gasteiger partial charge is 0.453 e. The fraction of sp³-hybridized carbons (Fsp3) is 0.286. The molecule has 0 atom stereocenters. The molecule has 0 aliphatic heterocycles. The number of carbonyl (C=O) groups excluding carboxylic acids is 1. The minimum absolute atomic E-state index is 0.00660. The molecule has 0 saturated carbocycles. The fourth-order valence-electron chi connectivity index (χ4n) is 1.97. The number of halogens is 3. The Morgan fingerprint density at radius 1 is 1.29 bits per heavy atom. The molecule has 2 rings (SSSR count). The van der Waals surface area contributed by atoms with E-state index in [-0.39, 0.29) is 12.0 Å². The highest BCUT2D eigenvalue weighted by molar-refractivity contribution is 5.78. The summed E-state index contributed by atoms with van der Waals surface area (Å²) in [4.78, 5) is 10.7. The van der Waals surface area contributed by atoms with Crippen molar-refractivity contribution >= 4 is 6.29 Å². The molecule has 1 aromatic heterocycles. The topological polar surface area (TPSA) is 44.1 Å². The Bertz CT molecular complexity index is 690. The fourth-order valence-corrected chi connectivity index (χ4v) is 1.97. The van der Waals surface area contributed by atoms with Gasteiger partial charge in [0, 0.05) is 12.6 Å². The molecule has 2 aromatic rings. The monoisotopic (exact) mass is 298 g/mol. The van der Waals surface area contributed by atoms with E-state index < -0.39 is 17.3 Å². The van der Waals surface area contributed by atoms with Crippen LogP contribution in [0.2, 0.25) is 0 Å². The molecule has 7 heteroatoms. The van der Waals surface area contributed by atoms with Gasteiger partial charge in [0.1, 0.15) is 11.4 Å². The number of hydrogen-bond donors (Lipinski definition) is 0. The van der Waals surface area contributed by atoms with Gasteiger partial charge in [-0.2, -0.15) is 18.3 Å². The number of ether oxygens (including phenoxy) is 1. The summed E-state index contributed by atoms with van der Waals surface area (Å²) in [6.07, 6.45) is -4.44. The molecule has 0 aliphatic carbocycles. The number of aldehydes is 1. The molecule has 0 radical (unpaired) electrons. The third kappa shape index (κ3) is 2.91. The molecule has 0 amide bonds. The second kappa shape index (κ2) is 5.23. The Hall–Kier alpha value is -2.31. The maximum absolute atomic E-state index is 12.9. The van der Waals surface area contributed by atoms with Crippen molar-refractivity contribution in [2.75, 3.05) is 0 Å². The molecular formula is C14H13F3N2O2. The van der Waals surface area contributed by atoms with Crippen LogP contribution in [-0.4, -0.2) is 16.1 Å². The van der Waals surface area contributed by atoms with Crippen molar-refractivity contribution in [3.05, 3.63) is 40.7 Å². The minimum Gasteiger partial charge on any atom is -0.453 e. The van der Waals surface area contributed by atoms with Gasteiger partial charge in [-0.3, -0.25) is 9.48 Å². The van der Waals surface area contributed by atoms with Crippen molar-refractivity contribution in [2.45, 2.75) is 20.0 Å². The van der Waals surface area contributed by atoms with Crippen molar-refractivity contribution in [1.29, 1.82) is 0 Å². The average Bonchev–Trinajstić information content (AvgIpc) is 2.64. The first kappa shape index (κ1) is 15.1. The first-order valence-corrected chi connectivity index (χ1v) is 6.08. The molecule has 21 heavy (non-hydrogen) atoms. The Kier molecular flexibility index (Phi) is 3.76. The van der Waals surface area contributed by atoms with Gasteiger partial charge in [-0.1, -0.05) is 0 Å². The third-order valence-electron chi connectivity index (χ3n) is 3.12. The molecule has 112 valence electrons. The summed E-state index contributed by atoms with van der Waals surface area (Å²) >= 11 is 0. The van der Waals surface area contributed by atoms with Crippen LogP contribution in [0, 0.1) is 13.8 Å². The van der Waals surface area contributed by atoms with Crippen molar-refractivity contribution < 1.29 is 22.7 Å². The lowest BCUT2D eigenvalue weighted by atomic mass is 10.1. The number of hydrogen-bond acceptors (Lipinski definition) is 3. The lowest BCUT2D eigenvalue weighted by molar-refractivity contribution is -0.137. The van der Waals surface area contributed by atoms with Crippen LogP contribution in [0.1, 0.15) is 27.3 Å². The molecule has 4 nitrogen and oxygen atoms in total. The van der Waals surface area contributed by atoms with E-state index in [1.54, 1.807) is 25.6 Å². The highest BCUT2D eigenvalue weighted by Gasteiger charge is 2.34. The third-order valence-corrected chi connectivity index (χ3v) is 3.12. The van der Waals surface area contributed by atoms with Crippen LogP contribution in [0.3, 0.4) is 0 Å². The molecule has 1 aromatic carbocycles. The van der Waals surface area contributed by atoms with E-state index in [1.807, 2.05) is 0 Å². The van der Waals surface area contributed by atoms with Gasteiger partial charge in [-0.15, -0.1) is 0 Å². The summed E-state index contributed by atoms with van der Waals surface area (Å²) in [6.45, 7) is 3.45. The molecule has 0 bridgehead atoms. The SMILES string of the molecule is Cc1nn(C)c(C)c1Oc1ccc(C=O)c(C(F)(F)F)c1. The van der Waals surface area contributed by atoms with Gasteiger partial charge in [-0.25, -0.2) is 0 Å². The van der Waals surface area contributed by atoms with E-state index in [0.29, 0.717) is 17.1 Å². The molecule has 0 fully saturated rings. The molecule has 0 aliphatic rings. The first-order valence-electron chi connectivity index (χ1n) is 6.08. The first-order chi connectivity index (χ1) is 9.74. The van der Waals surface area contributed by atoms with E-state index in [4.69, 9.17) is 4.74 Å². The normalized spacial score (nSPS) is 11.5. The second-order valence-corrected chi connectivity index (χ2v) is 4.59. The standard InChI is InChI=1S/C14H13F3N2O2/c1-8-13(9(2)19(3)18-8)21-11-5-4-10(7-20)12(6-11)14(15,16)17/h4-7H,1-3H3. The number of alkyl halides is 3. The Morgan fingerprint density at radius 3 is 2.43 bits per heavy atom. The number of aromatic nitrogens is 2. The second-order valence-electron chi connectivity index (χ2n) is 4.59. The summed E-state index contributed by atoms with van der Waals surface area (Å²) in [5, 5.41) is 4.12. The van der Waals surface area contributed by atoms with Gasteiger partial charge in [-0.05, 0) is 32.0 Å². The van der Waals surface area contributed by atoms with Crippen LogP contribution < -0.4 is 4.74 Å². The summed E-state index contributed by atoms with van der Waals surface area (Å²) in [5.41, 5.74) is -0.174. The van der Waals surface area contributed by atoms with E-state index in [2.05, 4.69) is 5.10 Å². The van der Waals surface area contributed by atoms with E-state index in [0.717, 1.165) is 12.1 Å². The number of benzene rings is 1. The number of carbonyl (C=O) groups is 1. The van der Waals surface area contributed by atoms with Crippen LogP contribution in [0.25, 0.3) is 0 Å². The van der Waals surface area contributed by atoms with Crippen LogP contribution in [0.15, 0.2) is 18.2 Å². The van der Waals surface area contributed by atoms with Crippen molar-refractivity contribution in [3.63, 3.8) is 0 Å². The molecule has 1 heterocycles.